The summed E-state index contributed by atoms with van der Waals surface area (Å²) in [6.45, 7) is 2.74. The van der Waals surface area contributed by atoms with E-state index in [4.69, 9.17) is 0 Å². The van der Waals surface area contributed by atoms with Gasteiger partial charge in [-0.15, -0.1) is 0 Å². The van der Waals surface area contributed by atoms with Crippen molar-refractivity contribution in [3.63, 3.8) is 0 Å². The Labute approximate surface area is 105 Å². The molecular formula is C14H14N4. The zero-order valence-electron chi connectivity index (χ0n) is 10.1. The van der Waals surface area contributed by atoms with E-state index >= 15 is 0 Å². The van der Waals surface area contributed by atoms with Crippen molar-refractivity contribution >= 4 is 16.9 Å². The number of imidazole rings is 1. The van der Waals surface area contributed by atoms with Crippen molar-refractivity contribution < 1.29 is 0 Å². The first-order chi connectivity index (χ1) is 8.81. The van der Waals surface area contributed by atoms with Crippen LogP contribution in [0.25, 0.3) is 11.2 Å². The SMILES string of the molecule is Cc1ccc(NCc2nc3ncccc3[nH]2)cc1. The second-order valence-corrected chi connectivity index (χ2v) is 4.28. The number of hydrogen-bond acceptors (Lipinski definition) is 3. The molecule has 4 heteroatoms. The summed E-state index contributed by atoms with van der Waals surface area (Å²) in [5.74, 6) is 0.893. The lowest BCUT2D eigenvalue weighted by atomic mass is 10.2. The number of aromatic amines is 1. The van der Waals surface area contributed by atoms with Gasteiger partial charge in [-0.3, -0.25) is 0 Å². The van der Waals surface area contributed by atoms with Crippen molar-refractivity contribution in [3.05, 3.63) is 54.0 Å². The molecule has 0 amide bonds. The first kappa shape index (κ1) is 10.8. The van der Waals surface area contributed by atoms with Gasteiger partial charge in [0, 0.05) is 11.9 Å². The molecule has 0 aliphatic heterocycles. The average molecular weight is 238 g/mol. The largest absolute Gasteiger partial charge is 0.378 e. The molecule has 18 heavy (non-hydrogen) atoms. The van der Waals surface area contributed by atoms with Crippen LogP contribution in [-0.2, 0) is 6.54 Å². The number of rotatable bonds is 3. The number of aromatic nitrogens is 3. The molecule has 0 saturated carbocycles. The van der Waals surface area contributed by atoms with Crippen LogP contribution in [0.15, 0.2) is 42.6 Å². The van der Waals surface area contributed by atoms with Crippen LogP contribution in [0.3, 0.4) is 0 Å². The van der Waals surface area contributed by atoms with Crippen LogP contribution in [-0.4, -0.2) is 15.0 Å². The molecule has 0 atom stereocenters. The maximum absolute atomic E-state index is 4.42. The second kappa shape index (κ2) is 4.49. The smallest absolute Gasteiger partial charge is 0.177 e. The molecule has 3 aromatic rings. The van der Waals surface area contributed by atoms with E-state index in [0.29, 0.717) is 6.54 Å². The molecule has 90 valence electrons. The third-order valence-corrected chi connectivity index (χ3v) is 2.82. The molecule has 0 aliphatic carbocycles. The Hall–Kier alpha value is -2.36. The second-order valence-electron chi connectivity index (χ2n) is 4.28. The molecule has 0 saturated heterocycles. The topological polar surface area (TPSA) is 53.6 Å². The number of pyridine rings is 1. The Kier molecular flexibility index (Phi) is 2.68. The summed E-state index contributed by atoms with van der Waals surface area (Å²) in [6.07, 6.45) is 1.75. The van der Waals surface area contributed by atoms with Gasteiger partial charge in [0.2, 0.25) is 0 Å². The summed E-state index contributed by atoms with van der Waals surface area (Å²) in [5, 5.41) is 3.33. The molecule has 4 nitrogen and oxygen atoms in total. The van der Waals surface area contributed by atoms with Crippen LogP contribution in [0.5, 0.6) is 0 Å². The third-order valence-electron chi connectivity index (χ3n) is 2.82. The van der Waals surface area contributed by atoms with E-state index in [9.17, 15) is 0 Å². The van der Waals surface area contributed by atoms with E-state index < -0.39 is 0 Å². The maximum atomic E-state index is 4.42. The number of fused-ring (bicyclic) bond motifs is 1. The minimum absolute atomic E-state index is 0.666. The third kappa shape index (κ3) is 2.18. The van der Waals surface area contributed by atoms with Crippen LogP contribution < -0.4 is 5.32 Å². The molecule has 2 heterocycles. The van der Waals surface area contributed by atoms with Crippen LogP contribution in [0.4, 0.5) is 5.69 Å². The number of nitrogens with one attached hydrogen (secondary N) is 2. The molecule has 0 radical (unpaired) electrons. The fourth-order valence-corrected chi connectivity index (χ4v) is 1.84. The fourth-order valence-electron chi connectivity index (χ4n) is 1.84. The van der Waals surface area contributed by atoms with Gasteiger partial charge in [0.1, 0.15) is 5.82 Å². The van der Waals surface area contributed by atoms with Gasteiger partial charge in [0.25, 0.3) is 0 Å². The van der Waals surface area contributed by atoms with Gasteiger partial charge in [-0.1, -0.05) is 17.7 Å². The Balaban J connectivity index is 1.74. The predicted octanol–water partition coefficient (Wildman–Crippen LogP) is 2.88. The van der Waals surface area contributed by atoms with Crippen LogP contribution in [0, 0.1) is 6.92 Å². The molecule has 2 aromatic heterocycles. The van der Waals surface area contributed by atoms with Crippen molar-refractivity contribution in [2.45, 2.75) is 13.5 Å². The fraction of sp³-hybridized carbons (Fsp3) is 0.143. The quantitative estimate of drug-likeness (QED) is 0.737. The van der Waals surface area contributed by atoms with Crippen LogP contribution >= 0.6 is 0 Å². The number of H-pyrrole nitrogens is 1. The Morgan fingerprint density at radius 1 is 1.17 bits per heavy atom. The van der Waals surface area contributed by atoms with Gasteiger partial charge < -0.3 is 10.3 Å². The van der Waals surface area contributed by atoms with E-state index in [2.05, 4.69) is 51.5 Å². The van der Waals surface area contributed by atoms with Gasteiger partial charge >= 0.3 is 0 Å². The monoisotopic (exact) mass is 238 g/mol. The molecule has 0 bridgehead atoms. The number of aryl methyl sites for hydroxylation is 1. The molecule has 0 aliphatic rings. The van der Waals surface area contributed by atoms with Crippen molar-refractivity contribution in [2.24, 2.45) is 0 Å². The van der Waals surface area contributed by atoms with Crippen molar-refractivity contribution in [2.75, 3.05) is 5.32 Å². The van der Waals surface area contributed by atoms with Crippen molar-refractivity contribution in [3.8, 4) is 0 Å². The zero-order valence-corrected chi connectivity index (χ0v) is 10.1. The lowest BCUT2D eigenvalue weighted by Gasteiger charge is -2.04. The molecule has 2 N–H and O–H groups in total. The molecule has 1 aromatic carbocycles. The summed E-state index contributed by atoms with van der Waals surface area (Å²) in [6, 6.07) is 12.2. The molecule has 0 fully saturated rings. The number of nitrogens with zero attached hydrogens (tertiary/aromatic N) is 2. The van der Waals surface area contributed by atoms with E-state index in [1.165, 1.54) is 5.56 Å². The van der Waals surface area contributed by atoms with Gasteiger partial charge in [-0.05, 0) is 31.2 Å². The summed E-state index contributed by atoms with van der Waals surface area (Å²) in [4.78, 5) is 11.9. The summed E-state index contributed by atoms with van der Waals surface area (Å²) >= 11 is 0. The van der Waals surface area contributed by atoms with Crippen LogP contribution in [0.1, 0.15) is 11.4 Å². The van der Waals surface area contributed by atoms with Gasteiger partial charge in [-0.25, -0.2) is 9.97 Å². The van der Waals surface area contributed by atoms with Gasteiger partial charge in [0.05, 0.1) is 12.1 Å². The van der Waals surface area contributed by atoms with Crippen LogP contribution in [0.2, 0.25) is 0 Å². The minimum Gasteiger partial charge on any atom is -0.378 e. The Bertz CT molecular complexity index is 622. The van der Waals surface area contributed by atoms with E-state index in [1.807, 2.05) is 12.1 Å². The highest BCUT2D eigenvalue weighted by Gasteiger charge is 2.02. The molecule has 0 unspecified atom stereocenters. The number of hydrogen-bond donors (Lipinski definition) is 2. The molecule has 3 rings (SSSR count). The maximum Gasteiger partial charge on any atom is 0.177 e. The highest BCUT2D eigenvalue weighted by molar-refractivity contribution is 5.69. The highest BCUT2D eigenvalue weighted by atomic mass is 15.0. The first-order valence-corrected chi connectivity index (χ1v) is 5.91. The molecule has 0 spiro atoms. The van der Waals surface area contributed by atoms with Gasteiger partial charge in [0.15, 0.2) is 5.65 Å². The van der Waals surface area contributed by atoms with E-state index in [1.54, 1.807) is 6.20 Å². The van der Waals surface area contributed by atoms with E-state index in [-0.39, 0.29) is 0 Å². The normalized spacial score (nSPS) is 10.7. The predicted molar refractivity (Wildman–Crippen MR) is 72.4 cm³/mol. The average Bonchev–Trinajstić information content (AvgIpc) is 2.81. The summed E-state index contributed by atoms with van der Waals surface area (Å²) in [7, 11) is 0. The van der Waals surface area contributed by atoms with Crippen molar-refractivity contribution in [1.82, 2.24) is 15.0 Å². The summed E-state index contributed by atoms with van der Waals surface area (Å²) in [5.41, 5.74) is 4.08. The lowest BCUT2D eigenvalue weighted by Crippen LogP contribution is -2.00. The number of benzene rings is 1. The summed E-state index contributed by atoms with van der Waals surface area (Å²) < 4.78 is 0. The standard InChI is InChI=1S/C14H14N4/c1-10-4-6-11(7-5-10)16-9-13-17-12-3-2-8-15-14(12)18-13/h2-8,16H,9H2,1H3,(H,15,17,18). The van der Waals surface area contributed by atoms with Crippen molar-refractivity contribution in [1.29, 1.82) is 0 Å². The lowest BCUT2D eigenvalue weighted by molar-refractivity contribution is 1.01. The Morgan fingerprint density at radius 2 is 2.00 bits per heavy atom. The Morgan fingerprint density at radius 3 is 2.78 bits per heavy atom. The highest BCUT2D eigenvalue weighted by Crippen LogP contribution is 2.11. The van der Waals surface area contributed by atoms with E-state index in [0.717, 1.165) is 22.7 Å². The minimum atomic E-state index is 0.666. The molecular weight excluding hydrogens is 224 g/mol. The number of anilines is 1. The zero-order chi connectivity index (χ0) is 12.4. The first-order valence-electron chi connectivity index (χ1n) is 5.91. The van der Waals surface area contributed by atoms with Gasteiger partial charge in [-0.2, -0.15) is 0 Å².